The van der Waals surface area contributed by atoms with E-state index < -0.39 is 0 Å². The maximum absolute atomic E-state index is 12.1. The topological polar surface area (TPSA) is 88.3 Å². The number of aromatic amines is 1. The van der Waals surface area contributed by atoms with Gasteiger partial charge in [-0.15, -0.1) is 6.42 Å². The minimum atomic E-state index is -0.295. The molecule has 2 N–H and O–H groups in total. The molecule has 36 heavy (non-hydrogen) atoms. The fourth-order valence-corrected chi connectivity index (χ4v) is 4.89. The molecule has 3 heterocycles. The van der Waals surface area contributed by atoms with Gasteiger partial charge in [-0.3, -0.25) is 9.69 Å². The van der Waals surface area contributed by atoms with Gasteiger partial charge in [0.25, 0.3) is 5.91 Å². The number of hydrogen-bond donors (Lipinski definition) is 2. The van der Waals surface area contributed by atoms with Gasteiger partial charge in [0.05, 0.1) is 18.2 Å². The number of anilines is 1. The molecule has 1 aliphatic rings. The second-order valence-corrected chi connectivity index (χ2v) is 9.19. The summed E-state index contributed by atoms with van der Waals surface area (Å²) in [6, 6.07) is 15.9. The van der Waals surface area contributed by atoms with Crippen LogP contribution in [0.1, 0.15) is 34.5 Å². The van der Waals surface area contributed by atoms with Crippen LogP contribution in [0.15, 0.2) is 53.1 Å². The number of carbonyl (C=O) groups excluding carboxylic acids is 1. The van der Waals surface area contributed by atoms with Crippen LogP contribution in [0.2, 0.25) is 0 Å². The second-order valence-electron chi connectivity index (χ2n) is 9.19. The fourth-order valence-electron chi connectivity index (χ4n) is 4.89. The van der Waals surface area contributed by atoms with E-state index in [1.165, 1.54) is 5.56 Å². The fraction of sp³-hybridized carbons (Fsp3) is 0.310. The Hall–Kier alpha value is -4.20. The van der Waals surface area contributed by atoms with E-state index in [-0.39, 0.29) is 18.2 Å². The molecule has 0 atom stereocenters. The molecule has 0 bridgehead atoms. The van der Waals surface area contributed by atoms with Crippen LogP contribution in [0.4, 0.5) is 5.69 Å². The number of H-pyrrole nitrogens is 1. The number of unbranched alkanes of at least 4 members (excludes halogenated alkanes) is 1. The molecule has 0 unspecified atom stereocenters. The average Bonchev–Trinajstić information content (AvgIpc) is 3.53. The Kier molecular flexibility index (Phi) is 6.93. The van der Waals surface area contributed by atoms with Gasteiger partial charge in [0.15, 0.2) is 5.76 Å². The lowest BCUT2D eigenvalue weighted by Gasteiger charge is -2.36. The molecule has 2 aromatic heterocycles. The van der Waals surface area contributed by atoms with Gasteiger partial charge in [0.2, 0.25) is 0 Å². The summed E-state index contributed by atoms with van der Waals surface area (Å²) in [7, 11) is 0. The van der Waals surface area contributed by atoms with Crippen molar-refractivity contribution in [1.29, 1.82) is 5.26 Å². The van der Waals surface area contributed by atoms with Crippen molar-refractivity contribution < 1.29 is 9.21 Å². The van der Waals surface area contributed by atoms with Crippen molar-refractivity contribution in [2.75, 3.05) is 44.2 Å². The molecule has 5 rings (SSSR count). The zero-order valence-electron chi connectivity index (χ0n) is 20.2. The number of rotatable bonds is 8. The quantitative estimate of drug-likeness (QED) is 0.291. The third-order valence-corrected chi connectivity index (χ3v) is 6.88. The number of nitrogens with zero attached hydrogens (tertiary/aromatic N) is 3. The monoisotopic (exact) mass is 479 g/mol. The van der Waals surface area contributed by atoms with E-state index in [2.05, 4.69) is 50.4 Å². The Labute approximate surface area is 210 Å². The van der Waals surface area contributed by atoms with Crippen LogP contribution in [0.3, 0.4) is 0 Å². The van der Waals surface area contributed by atoms with Crippen molar-refractivity contribution in [1.82, 2.24) is 15.2 Å². The number of carbonyl (C=O) groups is 1. The molecule has 0 spiro atoms. The van der Waals surface area contributed by atoms with Crippen LogP contribution in [0.25, 0.3) is 21.9 Å². The molecule has 1 amide bonds. The smallest absolute Gasteiger partial charge is 0.287 e. The Balaban J connectivity index is 1.10. The maximum Gasteiger partial charge on any atom is 0.287 e. The molecule has 0 saturated carbocycles. The molecule has 1 saturated heterocycles. The highest BCUT2D eigenvalue weighted by atomic mass is 16.3. The number of fused-ring (bicyclic) bond motifs is 2. The highest BCUT2D eigenvalue weighted by Gasteiger charge is 2.18. The first-order valence-corrected chi connectivity index (χ1v) is 12.4. The van der Waals surface area contributed by atoms with Gasteiger partial charge in [-0.25, -0.2) is 0 Å². The first-order valence-electron chi connectivity index (χ1n) is 12.4. The molecule has 0 aliphatic carbocycles. The molecule has 7 nitrogen and oxygen atoms in total. The Morgan fingerprint density at radius 3 is 2.78 bits per heavy atom. The van der Waals surface area contributed by atoms with Crippen LogP contribution in [0, 0.1) is 23.7 Å². The normalized spacial score (nSPS) is 14.1. The summed E-state index contributed by atoms with van der Waals surface area (Å²) in [5.41, 5.74) is 4.94. The van der Waals surface area contributed by atoms with Crippen molar-refractivity contribution in [3.05, 3.63) is 65.5 Å². The third-order valence-electron chi connectivity index (χ3n) is 6.88. The van der Waals surface area contributed by atoms with E-state index in [9.17, 15) is 10.1 Å². The number of benzene rings is 2. The lowest BCUT2D eigenvalue weighted by molar-refractivity contribution is 0.0933. The SMILES string of the molecule is C#CCNC(=O)c1cc2cc(N3CCN(CCCCc4c[nH]c5ccc(C#N)cc45)CC3)ccc2o1. The lowest BCUT2D eigenvalue weighted by Crippen LogP contribution is -2.46. The highest BCUT2D eigenvalue weighted by Crippen LogP contribution is 2.26. The number of amides is 1. The van der Waals surface area contributed by atoms with Crippen LogP contribution < -0.4 is 10.2 Å². The van der Waals surface area contributed by atoms with Gasteiger partial charge in [-0.1, -0.05) is 5.92 Å². The number of piperazine rings is 1. The summed E-state index contributed by atoms with van der Waals surface area (Å²) in [5.74, 6) is 2.38. The minimum Gasteiger partial charge on any atom is -0.451 e. The van der Waals surface area contributed by atoms with Crippen molar-refractivity contribution in [2.45, 2.75) is 19.3 Å². The van der Waals surface area contributed by atoms with E-state index in [0.29, 0.717) is 11.1 Å². The second kappa shape index (κ2) is 10.6. The summed E-state index contributed by atoms with van der Waals surface area (Å²) in [6.07, 6.45) is 10.6. The van der Waals surface area contributed by atoms with Crippen molar-refractivity contribution >= 4 is 33.5 Å². The van der Waals surface area contributed by atoms with Gasteiger partial charge in [0.1, 0.15) is 5.58 Å². The minimum absolute atomic E-state index is 0.178. The number of furan rings is 1. The summed E-state index contributed by atoms with van der Waals surface area (Å²) < 4.78 is 5.68. The van der Waals surface area contributed by atoms with Crippen LogP contribution in [-0.2, 0) is 6.42 Å². The number of aromatic nitrogens is 1. The largest absolute Gasteiger partial charge is 0.451 e. The molecule has 182 valence electrons. The van der Waals surface area contributed by atoms with E-state index >= 15 is 0 Å². The maximum atomic E-state index is 12.1. The van der Waals surface area contributed by atoms with Gasteiger partial charge >= 0.3 is 0 Å². The molecular formula is C29H29N5O2. The first kappa shape index (κ1) is 23.5. The predicted octanol–water partition coefficient (Wildman–Crippen LogP) is 4.29. The van der Waals surface area contributed by atoms with Gasteiger partial charge < -0.3 is 19.6 Å². The summed E-state index contributed by atoms with van der Waals surface area (Å²) in [4.78, 5) is 20.4. The molecular weight excluding hydrogens is 450 g/mol. The Morgan fingerprint density at radius 2 is 1.97 bits per heavy atom. The predicted molar refractivity (Wildman–Crippen MR) is 142 cm³/mol. The summed E-state index contributed by atoms with van der Waals surface area (Å²) >= 11 is 0. The molecule has 7 heteroatoms. The van der Waals surface area contributed by atoms with Crippen molar-refractivity contribution in [3.8, 4) is 18.4 Å². The van der Waals surface area contributed by atoms with Crippen LogP contribution in [0.5, 0.6) is 0 Å². The number of nitriles is 1. The van der Waals surface area contributed by atoms with Gasteiger partial charge in [0, 0.05) is 54.4 Å². The van der Waals surface area contributed by atoms with Gasteiger partial charge in [-0.05, 0) is 73.8 Å². The van der Waals surface area contributed by atoms with E-state index in [1.54, 1.807) is 6.07 Å². The van der Waals surface area contributed by atoms with Crippen molar-refractivity contribution in [2.24, 2.45) is 0 Å². The zero-order valence-corrected chi connectivity index (χ0v) is 20.2. The van der Waals surface area contributed by atoms with E-state index in [0.717, 1.165) is 74.0 Å². The highest BCUT2D eigenvalue weighted by molar-refractivity contribution is 5.96. The number of terminal acetylenes is 1. The lowest BCUT2D eigenvalue weighted by atomic mass is 10.1. The van der Waals surface area contributed by atoms with Crippen LogP contribution in [-0.4, -0.2) is 55.1 Å². The number of aryl methyl sites for hydroxylation is 1. The van der Waals surface area contributed by atoms with E-state index in [1.807, 2.05) is 24.3 Å². The molecule has 2 aromatic carbocycles. The third kappa shape index (κ3) is 5.07. The average molecular weight is 480 g/mol. The van der Waals surface area contributed by atoms with Crippen molar-refractivity contribution in [3.63, 3.8) is 0 Å². The molecule has 1 fully saturated rings. The Morgan fingerprint density at radius 1 is 1.11 bits per heavy atom. The standard InChI is InChI=1S/C29H29N5O2/c1-2-10-31-29(35)28-18-23-17-24(7-9-27(23)36-28)34-14-12-33(13-15-34)11-4-3-5-22-20-32-26-8-6-21(19-30)16-25(22)26/h1,6-9,16-18,20,32H,3-5,10-15H2,(H,31,35). The molecule has 0 radical (unpaired) electrons. The van der Waals surface area contributed by atoms with E-state index in [4.69, 9.17) is 10.8 Å². The van der Waals surface area contributed by atoms with Gasteiger partial charge in [-0.2, -0.15) is 5.26 Å². The Bertz CT molecular complexity index is 1460. The van der Waals surface area contributed by atoms with Crippen LogP contribution >= 0.6 is 0 Å². The summed E-state index contributed by atoms with van der Waals surface area (Å²) in [5, 5.41) is 13.9. The molecule has 4 aromatic rings. The molecule has 1 aliphatic heterocycles. The summed E-state index contributed by atoms with van der Waals surface area (Å²) in [6.45, 7) is 5.27. The first-order chi connectivity index (χ1) is 17.6. The zero-order chi connectivity index (χ0) is 24.9. The number of nitrogens with one attached hydrogen (secondary N) is 2. The number of hydrogen-bond acceptors (Lipinski definition) is 5.